The second kappa shape index (κ2) is 8.89. The van der Waals surface area contributed by atoms with E-state index in [0.717, 1.165) is 18.6 Å². The van der Waals surface area contributed by atoms with Gasteiger partial charge in [-0.2, -0.15) is 0 Å². The lowest BCUT2D eigenvalue weighted by Crippen LogP contribution is -2.52. The van der Waals surface area contributed by atoms with Gasteiger partial charge in [0.25, 0.3) is 0 Å². The van der Waals surface area contributed by atoms with E-state index in [1.807, 2.05) is 20.8 Å². The zero-order valence-corrected chi connectivity index (χ0v) is 17.7. The van der Waals surface area contributed by atoms with E-state index >= 15 is 0 Å². The van der Waals surface area contributed by atoms with Gasteiger partial charge in [-0.15, -0.1) is 0 Å². The standard InChI is InChI=1S/C21H35N3O3/c1-7-17-12-15(2)16(3)13-18(17)22-14-19(25)23-8-10-24(11-9-23)20(26)27-21(4,5)6/h12,15-16H,7-11,13-14H2,1-6H3. The van der Waals surface area contributed by atoms with Crippen molar-refractivity contribution in [3.05, 3.63) is 11.6 Å². The molecule has 0 radical (unpaired) electrons. The lowest BCUT2D eigenvalue weighted by molar-refractivity contribution is -0.131. The molecule has 27 heavy (non-hydrogen) atoms. The first-order valence-corrected chi connectivity index (χ1v) is 10.1. The van der Waals surface area contributed by atoms with Crippen molar-refractivity contribution < 1.29 is 14.3 Å². The van der Waals surface area contributed by atoms with Crippen molar-refractivity contribution in [3.63, 3.8) is 0 Å². The van der Waals surface area contributed by atoms with Gasteiger partial charge in [-0.1, -0.05) is 26.8 Å². The van der Waals surface area contributed by atoms with Gasteiger partial charge in [0.1, 0.15) is 12.1 Å². The molecule has 0 aromatic rings. The largest absolute Gasteiger partial charge is 0.444 e. The van der Waals surface area contributed by atoms with Crippen LogP contribution in [0.25, 0.3) is 0 Å². The average Bonchev–Trinajstić information content (AvgIpc) is 2.60. The van der Waals surface area contributed by atoms with Gasteiger partial charge < -0.3 is 14.5 Å². The SMILES string of the molecule is CCC1=CC(C)C(C)CC1=NCC(=O)N1CCN(C(=O)OC(C)(C)C)CC1. The molecule has 1 saturated heterocycles. The van der Waals surface area contributed by atoms with Crippen molar-refractivity contribution >= 4 is 17.7 Å². The molecule has 1 aliphatic heterocycles. The Hall–Kier alpha value is -1.85. The molecule has 2 unspecified atom stereocenters. The first-order chi connectivity index (χ1) is 12.6. The van der Waals surface area contributed by atoms with E-state index in [4.69, 9.17) is 4.74 Å². The topological polar surface area (TPSA) is 62.2 Å². The summed E-state index contributed by atoms with van der Waals surface area (Å²) in [5.74, 6) is 1.16. The summed E-state index contributed by atoms with van der Waals surface area (Å²) in [4.78, 5) is 32.8. The molecule has 0 spiro atoms. The van der Waals surface area contributed by atoms with E-state index in [2.05, 4.69) is 31.8 Å². The number of piperazine rings is 1. The predicted molar refractivity (Wildman–Crippen MR) is 108 cm³/mol. The smallest absolute Gasteiger partial charge is 0.410 e. The van der Waals surface area contributed by atoms with Crippen molar-refractivity contribution in [2.24, 2.45) is 16.8 Å². The molecule has 1 heterocycles. The molecule has 1 aliphatic carbocycles. The summed E-state index contributed by atoms with van der Waals surface area (Å²) in [6, 6.07) is 0. The van der Waals surface area contributed by atoms with Crippen LogP contribution in [0.15, 0.2) is 16.6 Å². The number of allylic oxidation sites excluding steroid dienone is 2. The number of hydrogen-bond acceptors (Lipinski definition) is 4. The van der Waals surface area contributed by atoms with E-state index in [0.29, 0.717) is 38.0 Å². The zero-order valence-electron chi connectivity index (χ0n) is 17.7. The Bertz CT molecular complexity index is 611. The number of hydrogen-bond donors (Lipinski definition) is 0. The summed E-state index contributed by atoms with van der Waals surface area (Å²) in [7, 11) is 0. The summed E-state index contributed by atoms with van der Waals surface area (Å²) in [6.07, 6.45) is 3.90. The molecule has 152 valence electrons. The molecular weight excluding hydrogens is 342 g/mol. The number of carbonyl (C=O) groups is 2. The zero-order chi connectivity index (χ0) is 20.2. The second-order valence-corrected chi connectivity index (χ2v) is 8.70. The number of amides is 2. The lowest BCUT2D eigenvalue weighted by Gasteiger charge is -2.35. The predicted octanol–water partition coefficient (Wildman–Crippen LogP) is 3.52. The van der Waals surface area contributed by atoms with Gasteiger partial charge >= 0.3 is 6.09 Å². The molecule has 0 bridgehead atoms. The summed E-state index contributed by atoms with van der Waals surface area (Å²) in [5.41, 5.74) is 1.87. The van der Waals surface area contributed by atoms with Crippen molar-refractivity contribution in [3.8, 4) is 0 Å². The molecule has 2 amide bonds. The highest BCUT2D eigenvalue weighted by Gasteiger charge is 2.28. The highest BCUT2D eigenvalue weighted by Crippen LogP contribution is 2.28. The minimum atomic E-state index is -0.501. The maximum atomic E-state index is 12.6. The van der Waals surface area contributed by atoms with Gasteiger partial charge in [0.05, 0.1) is 0 Å². The van der Waals surface area contributed by atoms with Crippen molar-refractivity contribution in [2.75, 3.05) is 32.7 Å². The second-order valence-electron chi connectivity index (χ2n) is 8.70. The lowest BCUT2D eigenvalue weighted by atomic mass is 9.81. The third-order valence-corrected chi connectivity index (χ3v) is 5.32. The molecule has 6 nitrogen and oxygen atoms in total. The third kappa shape index (κ3) is 6.08. The van der Waals surface area contributed by atoms with Gasteiger partial charge in [0.2, 0.25) is 5.91 Å². The van der Waals surface area contributed by atoms with Crippen molar-refractivity contribution in [2.45, 2.75) is 60.0 Å². The monoisotopic (exact) mass is 377 g/mol. The van der Waals surface area contributed by atoms with Crippen LogP contribution in [-0.2, 0) is 9.53 Å². The molecule has 1 fully saturated rings. The van der Waals surface area contributed by atoms with E-state index in [1.54, 1.807) is 9.80 Å². The first kappa shape index (κ1) is 21.5. The number of ether oxygens (including phenoxy) is 1. The van der Waals surface area contributed by atoms with Crippen molar-refractivity contribution in [1.29, 1.82) is 0 Å². The fraction of sp³-hybridized carbons (Fsp3) is 0.762. The Kier molecular flexibility index (Phi) is 7.06. The molecule has 6 heteroatoms. The van der Waals surface area contributed by atoms with Gasteiger partial charge in [0.15, 0.2) is 0 Å². The summed E-state index contributed by atoms with van der Waals surface area (Å²) in [6.45, 7) is 14.5. The van der Waals surface area contributed by atoms with Crippen LogP contribution in [0.1, 0.15) is 54.4 Å². The molecular formula is C21H35N3O3. The van der Waals surface area contributed by atoms with Crippen LogP contribution in [-0.4, -0.2) is 65.8 Å². The maximum absolute atomic E-state index is 12.6. The Morgan fingerprint density at radius 3 is 2.30 bits per heavy atom. The van der Waals surface area contributed by atoms with E-state index in [1.165, 1.54) is 5.57 Å². The minimum Gasteiger partial charge on any atom is -0.444 e. The molecule has 2 rings (SSSR count). The first-order valence-electron chi connectivity index (χ1n) is 10.1. The Balaban J connectivity index is 1.87. The van der Waals surface area contributed by atoms with Crippen LogP contribution in [0.5, 0.6) is 0 Å². The van der Waals surface area contributed by atoms with Crippen LogP contribution in [0.2, 0.25) is 0 Å². The maximum Gasteiger partial charge on any atom is 0.410 e. The highest BCUT2D eigenvalue weighted by atomic mass is 16.6. The van der Waals surface area contributed by atoms with Crippen LogP contribution < -0.4 is 0 Å². The molecule has 0 N–H and O–H groups in total. The summed E-state index contributed by atoms with van der Waals surface area (Å²) < 4.78 is 5.40. The molecule has 2 aliphatic rings. The van der Waals surface area contributed by atoms with Crippen LogP contribution in [0, 0.1) is 11.8 Å². The minimum absolute atomic E-state index is 0.0352. The van der Waals surface area contributed by atoms with Crippen molar-refractivity contribution in [1.82, 2.24) is 9.80 Å². The fourth-order valence-corrected chi connectivity index (χ4v) is 3.42. The molecule has 0 saturated carbocycles. The highest BCUT2D eigenvalue weighted by molar-refractivity contribution is 6.02. The van der Waals surface area contributed by atoms with E-state index < -0.39 is 5.60 Å². The molecule has 0 aromatic heterocycles. The van der Waals surface area contributed by atoms with Crippen LogP contribution >= 0.6 is 0 Å². The summed E-state index contributed by atoms with van der Waals surface area (Å²) in [5, 5.41) is 0. The fourth-order valence-electron chi connectivity index (χ4n) is 3.42. The van der Waals surface area contributed by atoms with Gasteiger partial charge in [-0.25, -0.2) is 4.79 Å². The average molecular weight is 378 g/mol. The van der Waals surface area contributed by atoms with E-state index in [-0.39, 0.29) is 18.5 Å². The normalized spacial score (nSPS) is 25.4. The van der Waals surface area contributed by atoms with Crippen LogP contribution in [0.3, 0.4) is 0 Å². The molecule has 0 aromatic carbocycles. The van der Waals surface area contributed by atoms with Gasteiger partial charge in [-0.05, 0) is 51.0 Å². The van der Waals surface area contributed by atoms with Gasteiger partial charge in [-0.3, -0.25) is 9.79 Å². The number of rotatable bonds is 3. The number of carbonyl (C=O) groups excluding carboxylic acids is 2. The number of nitrogens with zero attached hydrogens (tertiary/aromatic N) is 3. The summed E-state index contributed by atoms with van der Waals surface area (Å²) >= 11 is 0. The van der Waals surface area contributed by atoms with Crippen LogP contribution in [0.4, 0.5) is 4.79 Å². The quantitative estimate of drug-likeness (QED) is 0.756. The Labute approximate surface area is 163 Å². The Morgan fingerprint density at radius 1 is 1.15 bits per heavy atom. The Morgan fingerprint density at radius 2 is 1.74 bits per heavy atom. The third-order valence-electron chi connectivity index (χ3n) is 5.32. The van der Waals surface area contributed by atoms with Gasteiger partial charge in [0, 0.05) is 31.9 Å². The number of aliphatic imine (C=N–C) groups is 1. The molecule has 2 atom stereocenters. The van der Waals surface area contributed by atoms with E-state index in [9.17, 15) is 9.59 Å².